The minimum absolute atomic E-state index is 0.00973. The van der Waals surface area contributed by atoms with E-state index in [-0.39, 0.29) is 18.6 Å². The fourth-order valence-corrected chi connectivity index (χ4v) is 2.28. The maximum atomic E-state index is 12.6. The standard InChI is InChI=1S/C14H20N4O2/c1-9(2)17(5-6-19)14(20)12-8-15-18-11(4)7-10(3)16-13(12)18/h7-9,19H,5-6H2,1-4H3. The predicted octanol–water partition coefficient (Wildman–Crippen LogP) is 1.19. The second-order valence-electron chi connectivity index (χ2n) is 5.15. The Balaban J connectivity index is 2.49. The molecule has 0 aromatic carbocycles. The number of aliphatic hydroxyl groups excluding tert-OH is 1. The zero-order valence-corrected chi connectivity index (χ0v) is 12.3. The first-order valence-electron chi connectivity index (χ1n) is 6.69. The van der Waals surface area contributed by atoms with Gasteiger partial charge >= 0.3 is 0 Å². The maximum Gasteiger partial charge on any atom is 0.259 e. The van der Waals surface area contributed by atoms with E-state index >= 15 is 0 Å². The number of carbonyl (C=O) groups excluding carboxylic acids is 1. The number of nitrogens with zero attached hydrogens (tertiary/aromatic N) is 4. The van der Waals surface area contributed by atoms with Gasteiger partial charge in [-0.25, -0.2) is 9.50 Å². The van der Waals surface area contributed by atoms with Crippen LogP contribution in [0.25, 0.3) is 5.65 Å². The number of amides is 1. The van der Waals surface area contributed by atoms with Crippen LogP contribution >= 0.6 is 0 Å². The molecule has 0 saturated heterocycles. The summed E-state index contributed by atoms with van der Waals surface area (Å²) in [4.78, 5) is 18.6. The van der Waals surface area contributed by atoms with Gasteiger partial charge in [0.15, 0.2) is 5.65 Å². The lowest BCUT2D eigenvalue weighted by Crippen LogP contribution is -2.39. The Bertz CT molecular complexity index is 633. The molecule has 20 heavy (non-hydrogen) atoms. The van der Waals surface area contributed by atoms with E-state index < -0.39 is 0 Å². The Hall–Kier alpha value is -1.95. The normalized spacial score (nSPS) is 11.3. The maximum absolute atomic E-state index is 12.6. The molecular formula is C14H20N4O2. The van der Waals surface area contributed by atoms with Crippen LogP contribution in [-0.4, -0.2) is 49.7 Å². The Morgan fingerprint density at radius 3 is 2.75 bits per heavy atom. The Morgan fingerprint density at radius 2 is 2.15 bits per heavy atom. The molecule has 2 aromatic heterocycles. The van der Waals surface area contributed by atoms with Gasteiger partial charge in [0, 0.05) is 24.0 Å². The molecule has 0 fully saturated rings. The van der Waals surface area contributed by atoms with Crippen LogP contribution in [0.3, 0.4) is 0 Å². The number of hydrogen-bond acceptors (Lipinski definition) is 4. The van der Waals surface area contributed by atoms with Gasteiger partial charge in [0.1, 0.15) is 5.56 Å². The van der Waals surface area contributed by atoms with E-state index in [4.69, 9.17) is 5.11 Å². The van der Waals surface area contributed by atoms with Crippen LogP contribution in [0.2, 0.25) is 0 Å². The largest absolute Gasteiger partial charge is 0.395 e. The molecule has 0 aliphatic rings. The molecular weight excluding hydrogens is 256 g/mol. The van der Waals surface area contributed by atoms with Crippen molar-refractivity contribution in [1.82, 2.24) is 19.5 Å². The van der Waals surface area contributed by atoms with Crippen molar-refractivity contribution in [2.45, 2.75) is 33.7 Å². The molecule has 0 unspecified atom stereocenters. The highest BCUT2D eigenvalue weighted by Crippen LogP contribution is 2.15. The molecule has 0 radical (unpaired) electrons. The lowest BCUT2D eigenvalue weighted by Gasteiger charge is -2.25. The van der Waals surface area contributed by atoms with E-state index in [0.717, 1.165) is 11.4 Å². The van der Waals surface area contributed by atoms with Gasteiger partial charge in [-0.05, 0) is 33.8 Å². The molecule has 0 spiro atoms. The van der Waals surface area contributed by atoms with Gasteiger partial charge < -0.3 is 10.0 Å². The highest BCUT2D eigenvalue weighted by molar-refractivity contribution is 5.99. The van der Waals surface area contributed by atoms with Crippen LogP contribution < -0.4 is 0 Å². The lowest BCUT2D eigenvalue weighted by atomic mass is 10.2. The SMILES string of the molecule is Cc1cc(C)n2ncc(C(=O)N(CCO)C(C)C)c2n1. The van der Waals surface area contributed by atoms with Crippen molar-refractivity contribution in [2.24, 2.45) is 0 Å². The summed E-state index contributed by atoms with van der Waals surface area (Å²) in [5.74, 6) is -0.151. The Morgan fingerprint density at radius 1 is 1.45 bits per heavy atom. The van der Waals surface area contributed by atoms with Gasteiger partial charge in [-0.2, -0.15) is 5.10 Å². The third kappa shape index (κ3) is 2.51. The second-order valence-corrected chi connectivity index (χ2v) is 5.15. The fraction of sp³-hybridized carbons (Fsp3) is 0.500. The molecule has 108 valence electrons. The summed E-state index contributed by atoms with van der Waals surface area (Å²) in [5, 5.41) is 13.3. The minimum atomic E-state index is -0.151. The summed E-state index contributed by atoms with van der Waals surface area (Å²) in [6.45, 7) is 7.90. The van der Waals surface area contributed by atoms with E-state index in [1.54, 1.807) is 15.6 Å². The zero-order valence-electron chi connectivity index (χ0n) is 12.3. The van der Waals surface area contributed by atoms with Crippen molar-refractivity contribution in [3.63, 3.8) is 0 Å². The number of carbonyl (C=O) groups is 1. The van der Waals surface area contributed by atoms with Gasteiger partial charge in [-0.15, -0.1) is 0 Å². The van der Waals surface area contributed by atoms with Crippen LogP contribution in [0.1, 0.15) is 35.6 Å². The Kier molecular flexibility index (Phi) is 4.04. The average Bonchev–Trinajstić information content (AvgIpc) is 2.78. The van der Waals surface area contributed by atoms with Gasteiger partial charge in [0.05, 0.1) is 12.8 Å². The molecule has 2 rings (SSSR count). The van der Waals surface area contributed by atoms with Crippen molar-refractivity contribution < 1.29 is 9.90 Å². The van der Waals surface area contributed by atoms with E-state index in [9.17, 15) is 4.79 Å². The van der Waals surface area contributed by atoms with Crippen LogP contribution in [0.15, 0.2) is 12.3 Å². The molecule has 0 atom stereocenters. The quantitative estimate of drug-likeness (QED) is 0.910. The van der Waals surface area contributed by atoms with Crippen LogP contribution in [0, 0.1) is 13.8 Å². The first kappa shape index (κ1) is 14.5. The van der Waals surface area contributed by atoms with Gasteiger partial charge in [0.2, 0.25) is 0 Å². The van der Waals surface area contributed by atoms with Crippen LogP contribution in [-0.2, 0) is 0 Å². The van der Waals surface area contributed by atoms with Crippen LogP contribution in [0.4, 0.5) is 0 Å². The molecule has 0 aliphatic carbocycles. The third-order valence-corrected chi connectivity index (χ3v) is 3.23. The minimum Gasteiger partial charge on any atom is -0.395 e. The number of aliphatic hydroxyl groups is 1. The lowest BCUT2D eigenvalue weighted by molar-refractivity contribution is 0.0667. The molecule has 6 nitrogen and oxygen atoms in total. The van der Waals surface area contributed by atoms with E-state index in [1.165, 1.54) is 0 Å². The number of aromatic nitrogens is 3. The van der Waals surface area contributed by atoms with Crippen molar-refractivity contribution >= 4 is 11.6 Å². The smallest absolute Gasteiger partial charge is 0.259 e. The molecule has 0 saturated carbocycles. The van der Waals surface area contributed by atoms with Crippen molar-refractivity contribution in [2.75, 3.05) is 13.2 Å². The van der Waals surface area contributed by atoms with Gasteiger partial charge in [-0.3, -0.25) is 4.79 Å². The topological polar surface area (TPSA) is 70.7 Å². The highest BCUT2D eigenvalue weighted by Gasteiger charge is 2.23. The number of hydrogen-bond donors (Lipinski definition) is 1. The molecule has 2 aromatic rings. The summed E-state index contributed by atoms with van der Waals surface area (Å²) in [7, 11) is 0. The van der Waals surface area contributed by atoms with E-state index in [1.807, 2.05) is 33.8 Å². The van der Waals surface area contributed by atoms with E-state index in [2.05, 4.69) is 10.1 Å². The van der Waals surface area contributed by atoms with Gasteiger partial charge in [-0.1, -0.05) is 0 Å². The summed E-state index contributed by atoms with van der Waals surface area (Å²) in [6.07, 6.45) is 1.55. The van der Waals surface area contributed by atoms with Crippen molar-refractivity contribution in [1.29, 1.82) is 0 Å². The van der Waals surface area contributed by atoms with Crippen molar-refractivity contribution in [3.05, 3.63) is 29.2 Å². The molecule has 2 heterocycles. The third-order valence-electron chi connectivity index (χ3n) is 3.23. The molecule has 0 bridgehead atoms. The van der Waals surface area contributed by atoms with E-state index in [0.29, 0.717) is 17.8 Å². The Labute approximate surface area is 118 Å². The fourth-order valence-electron chi connectivity index (χ4n) is 2.28. The van der Waals surface area contributed by atoms with Crippen molar-refractivity contribution in [3.8, 4) is 0 Å². The predicted molar refractivity (Wildman–Crippen MR) is 75.7 cm³/mol. The monoisotopic (exact) mass is 276 g/mol. The first-order valence-corrected chi connectivity index (χ1v) is 6.69. The molecule has 1 amide bonds. The summed E-state index contributed by atoms with van der Waals surface area (Å²) < 4.78 is 1.66. The zero-order chi connectivity index (χ0) is 14.9. The summed E-state index contributed by atoms with van der Waals surface area (Å²) in [6, 6.07) is 1.93. The summed E-state index contributed by atoms with van der Waals surface area (Å²) in [5.41, 5.74) is 2.82. The second kappa shape index (κ2) is 5.58. The van der Waals surface area contributed by atoms with Gasteiger partial charge in [0.25, 0.3) is 5.91 Å². The molecule has 1 N–H and O–H groups in total. The number of fused-ring (bicyclic) bond motifs is 1. The molecule has 6 heteroatoms. The average molecular weight is 276 g/mol. The molecule has 0 aliphatic heterocycles. The number of rotatable bonds is 4. The highest BCUT2D eigenvalue weighted by atomic mass is 16.3. The summed E-state index contributed by atoms with van der Waals surface area (Å²) >= 11 is 0. The van der Waals surface area contributed by atoms with Crippen LogP contribution in [0.5, 0.6) is 0 Å². The first-order chi connectivity index (χ1) is 9.45. The number of aryl methyl sites for hydroxylation is 2.